The molecule has 28 heavy (non-hydrogen) atoms. The van der Waals surface area contributed by atoms with Gasteiger partial charge in [0.15, 0.2) is 0 Å². The fourth-order valence-electron chi connectivity index (χ4n) is 1.63. The number of aliphatic hydroxyl groups is 3. The third kappa shape index (κ3) is 15.9. The molecule has 0 unspecified atom stereocenters. The lowest BCUT2D eigenvalue weighted by Gasteiger charge is -2.23. The molecular weight excluding hydrogens is 386 g/mol. The van der Waals surface area contributed by atoms with Gasteiger partial charge in [0, 0.05) is 13.1 Å². The minimum absolute atomic E-state index is 0.0703. The highest BCUT2D eigenvalue weighted by atomic mass is 16.4. The molecule has 0 radical (unpaired) electrons. The second kappa shape index (κ2) is 14.7. The molecule has 0 aliphatic carbocycles. The Bertz CT molecular complexity index is 434. The van der Waals surface area contributed by atoms with E-state index in [9.17, 15) is 19.2 Å². The number of hydrogen-bond acceptors (Lipinski definition) is 10. The van der Waals surface area contributed by atoms with Crippen LogP contribution in [0.25, 0.3) is 0 Å². The number of aliphatic carboxylic acids is 4. The summed E-state index contributed by atoms with van der Waals surface area (Å²) >= 11 is 0. The molecule has 0 atom stereocenters. The Kier molecular flexibility index (Phi) is 14.6. The summed E-state index contributed by atoms with van der Waals surface area (Å²) < 4.78 is 0. The van der Waals surface area contributed by atoms with Crippen LogP contribution in [0, 0.1) is 0 Å². The molecule has 0 fully saturated rings. The highest BCUT2D eigenvalue weighted by Crippen LogP contribution is 1.94. The predicted octanol–water partition coefficient (Wildman–Crippen LogP) is -4.41. The van der Waals surface area contributed by atoms with Gasteiger partial charge in [0.25, 0.3) is 0 Å². The van der Waals surface area contributed by atoms with Crippen LogP contribution >= 0.6 is 0 Å². The summed E-state index contributed by atoms with van der Waals surface area (Å²) in [6.45, 7) is -3.46. The Labute approximate surface area is 160 Å². The molecule has 0 bridgehead atoms. The first kappa shape index (κ1) is 27.9. The largest absolute Gasteiger partial charge is 0.480 e. The van der Waals surface area contributed by atoms with E-state index in [1.54, 1.807) is 0 Å². The van der Waals surface area contributed by atoms with Crippen molar-refractivity contribution in [3.63, 3.8) is 0 Å². The van der Waals surface area contributed by atoms with Crippen molar-refractivity contribution < 1.29 is 54.9 Å². The smallest absolute Gasteiger partial charge is 0.317 e. The number of rotatable bonds is 14. The average molecular weight is 413 g/mol. The molecule has 0 spiro atoms. The van der Waals surface area contributed by atoms with Gasteiger partial charge in [-0.15, -0.1) is 0 Å². The van der Waals surface area contributed by atoms with Crippen molar-refractivity contribution in [2.45, 2.75) is 5.54 Å². The Morgan fingerprint density at radius 2 is 0.821 bits per heavy atom. The van der Waals surface area contributed by atoms with Crippen LogP contribution in [0.15, 0.2) is 0 Å². The van der Waals surface area contributed by atoms with Crippen LogP contribution in [0.5, 0.6) is 0 Å². The Hall–Kier alpha value is -2.36. The predicted molar refractivity (Wildman–Crippen MR) is 91.6 cm³/mol. The van der Waals surface area contributed by atoms with Crippen molar-refractivity contribution in [1.82, 2.24) is 9.80 Å². The zero-order chi connectivity index (χ0) is 22.3. The summed E-state index contributed by atoms with van der Waals surface area (Å²) in [5.74, 6) is -4.91. The molecule has 9 N–H and O–H groups in total. The van der Waals surface area contributed by atoms with Crippen LogP contribution < -0.4 is 5.73 Å². The van der Waals surface area contributed by atoms with Crippen molar-refractivity contribution in [3.8, 4) is 0 Å². The van der Waals surface area contributed by atoms with Crippen LogP contribution in [0.2, 0.25) is 0 Å². The maximum atomic E-state index is 10.6. The second-order valence-electron chi connectivity index (χ2n) is 5.83. The van der Waals surface area contributed by atoms with E-state index in [2.05, 4.69) is 0 Å². The maximum Gasteiger partial charge on any atom is 0.317 e. The zero-order valence-electron chi connectivity index (χ0n) is 15.1. The highest BCUT2D eigenvalue weighted by Gasteiger charge is 2.21. The molecule has 164 valence electrons. The third-order valence-corrected chi connectivity index (χ3v) is 3.11. The summed E-state index contributed by atoms with van der Waals surface area (Å²) in [5, 5.41) is 59.5. The molecule has 0 saturated heterocycles. The van der Waals surface area contributed by atoms with Gasteiger partial charge in [-0.05, 0) is 0 Å². The first-order valence-electron chi connectivity index (χ1n) is 7.82. The number of aliphatic hydroxyl groups excluding tert-OH is 3. The lowest BCUT2D eigenvalue weighted by Crippen LogP contribution is -2.50. The lowest BCUT2D eigenvalue weighted by molar-refractivity contribution is -0.145. The van der Waals surface area contributed by atoms with Gasteiger partial charge in [-0.3, -0.25) is 29.0 Å². The van der Waals surface area contributed by atoms with Gasteiger partial charge in [-0.2, -0.15) is 0 Å². The van der Waals surface area contributed by atoms with Crippen LogP contribution in [0.4, 0.5) is 0 Å². The molecule has 14 heteroatoms. The van der Waals surface area contributed by atoms with E-state index in [0.717, 1.165) is 9.80 Å². The second-order valence-corrected chi connectivity index (χ2v) is 5.83. The maximum absolute atomic E-state index is 10.6. The van der Waals surface area contributed by atoms with E-state index in [1.165, 1.54) is 0 Å². The van der Waals surface area contributed by atoms with Crippen LogP contribution in [0.1, 0.15) is 0 Å². The third-order valence-electron chi connectivity index (χ3n) is 3.11. The van der Waals surface area contributed by atoms with E-state index in [-0.39, 0.29) is 13.1 Å². The summed E-state index contributed by atoms with van der Waals surface area (Å²) in [6, 6.07) is 0. The van der Waals surface area contributed by atoms with Crippen molar-refractivity contribution in [1.29, 1.82) is 0 Å². The van der Waals surface area contributed by atoms with Gasteiger partial charge in [-0.25, -0.2) is 0 Å². The van der Waals surface area contributed by atoms with E-state index in [0.29, 0.717) is 0 Å². The van der Waals surface area contributed by atoms with Crippen molar-refractivity contribution >= 4 is 23.9 Å². The summed E-state index contributed by atoms with van der Waals surface area (Å²) in [7, 11) is 0. The number of hydrogen-bond donors (Lipinski definition) is 8. The number of carboxylic acids is 4. The molecule has 14 nitrogen and oxygen atoms in total. The van der Waals surface area contributed by atoms with E-state index >= 15 is 0 Å². The van der Waals surface area contributed by atoms with Crippen LogP contribution in [-0.4, -0.2) is 134 Å². The summed E-state index contributed by atoms with van der Waals surface area (Å²) in [6.07, 6.45) is 0. The standard InChI is InChI=1S/C10H16N2O8.C4H11NO3/c13-7(14)3-11(4-8(15)16)1-2-12(5-9(17)18)6-10(19)20;5-4(1-6,2-7)3-8/h1-6H2,(H,13,14)(H,15,16)(H,17,18)(H,19,20);6-8H,1-3,5H2. The topological polar surface area (TPSA) is 242 Å². The summed E-state index contributed by atoms with van der Waals surface area (Å²) in [5.41, 5.74) is 3.94. The first-order chi connectivity index (χ1) is 12.9. The normalized spacial score (nSPS) is 11.1. The van der Waals surface area contributed by atoms with Gasteiger partial charge in [-0.1, -0.05) is 0 Å². The molecule has 0 aromatic heterocycles. The van der Waals surface area contributed by atoms with Crippen LogP contribution in [0.3, 0.4) is 0 Å². The first-order valence-corrected chi connectivity index (χ1v) is 7.82. The summed E-state index contributed by atoms with van der Waals surface area (Å²) in [4.78, 5) is 44.4. The average Bonchev–Trinajstić information content (AvgIpc) is 2.57. The lowest BCUT2D eigenvalue weighted by atomic mass is 10.1. The molecule has 0 saturated carbocycles. The van der Waals surface area contributed by atoms with Crippen molar-refractivity contribution in [2.24, 2.45) is 5.73 Å². The van der Waals surface area contributed by atoms with Gasteiger partial charge in [0.05, 0.1) is 51.5 Å². The SMILES string of the molecule is NC(CO)(CO)CO.O=C(O)CN(CCN(CC(=O)O)CC(=O)O)CC(=O)O. The number of carbonyl (C=O) groups is 4. The molecule has 0 aliphatic heterocycles. The van der Waals surface area contributed by atoms with Gasteiger partial charge < -0.3 is 41.5 Å². The molecule has 0 rings (SSSR count). The van der Waals surface area contributed by atoms with Gasteiger partial charge in [0.1, 0.15) is 0 Å². The fourth-order valence-corrected chi connectivity index (χ4v) is 1.63. The van der Waals surface area contributed by atoms with Crippen LogP contribution in [-0.2, 0) is 19.2 Å². The quantitative estimate of drug-likeness (QED) is 0.134. The van der Waals surface area contributed by atoms with Gasteiger partial charge in [0.2, 0.25) is 0 Å². The molecular formula is C14H27N3O11. The molecule has 0 amide bonds. The molecule has 0 aromatic carbocycles. The van der Waals surface area contributed by atoms with E-state index in [4.69, 9.17) is 41.5 Å². The molecule has 0 heterocycles. The van der Waals surface area contributed by atoms with Gasteiger partial charge >= 0.3 is 23.9 Å². The zero-order valence-corrected chi connectivity index (χ0v) is 15.1. The van der Waals surface area contributed by atoms with Crippen molar-refractivity contribution in [3.05, 3.63) is 0 Å². The minimum Gasteiger partial charge on any atom is -0.480 e. The monoisotopic (exact) mass is 413 g/mol. The Morgan fingerprint density at radius 1 is 0.607 bits per heavy atom. The van der Waals surface area contributed by atoms with E-state index < -0.39 is 75.4 Å². The number of nitrogens with zero attached hydrogens (tertiary/aromatic N) is 2. The molecule has 0 aromatic rings. The Balaban J connectivity index is 0. The number of carboxylic acid groups (broad SMARTS) is 4. The number of nitrogens with two attached hydrogens (primary N) is 1. The van der Waals surface area contributed by atoms with E-state index in [1.807, 2.05) is 0 Å². The minimum atomic E-state index is -1.23. The Morgan fingerprint density at radius 3 is 0.929 bits per heavy atom. The van der Waals surface area contributed by atoms with Crippen molar-refractivity contribution in [2.75, 3.05) is 59.1 Å². The molecule has 0 aliphatic rings. The highest BCUT2D eigenvalue weighted by molar-refractivity contribution is 5.73. The fraction of sp³-hybridized carbons (Fsp3) is 0.714.